The quantitative estimate of drug-likeness (QED) is 0.0494. The van der Waals surface area contributed by atoms with Crippen molar-refractivity contribution in [1.29, 1.82) is 0 Å². The second kappa shape index (κ2) is 71.5. The van der Waals surface area contributed by atoms with Gasteiger partial charge < -0.3 is 15.3 Å². The van der Waals surface area contributed by atoms with Crippen molar-refractivity contribution < 1.29 is 15.3 Å². The van der Waals surface area contributed by atoms with Gasteiger partial charge in [-0.2, -0.15) is 0 Å². The normalized spacial score (nSPS) is 13.1. The van der Waals surface area contributed by atoms with Gasteiger partial charge in [0.1, 0.15) is 17.2 Å². The Bertz CT molecular complexity index is 2940. The lowest BCUT2D eigenvalue weighted by Gasteiger charge is -2.70. The highest BCUT2D eigenvalue weighted by molar-refractivity contribution is 5.60. The molecule has 0 heterocycles. The van der Waals surface area contributed by atoms with Gasteiger partial charge >= 0.3 is 0 Å². The Balaban J connectivity index is 3.19. The number of aryl methyl sites for hydroxylation is 3. The average Bonchev–Trinajstić information content (AvgIpc) is 0.664. The van der Waals surface area contributed by atoms with Crippen LogP contribution in [0.25, 0.3) is 0 Å². The maximum absolute atomic E-state index is 13.4. The summed E-state index contributed by atoms with van der Waals surface area (Å²) in [6, 6.07) is 15.3. The standard InChI is InChI=1S/C125H228O3/c1-20-27-34-41-48-55-61-67-73-80-87-94-122(95-88-81-74-68-62-56-49-42-35-28-21-2,96-89-82-75-69-63-57-50-43-36-29-22-3)125(100-93-86-79-72-66-60-53-46-39-32-25-6,112-106-115(121(17,18)19)118(128)103-109(112)10)123(97-90-83-76-70-64-58-51-44-37-30-23-4,98-91-84-77-71-65-59-52-45-38-31-24-5)124(99-92-85-78-54-47-40-33-26-7,110-104-113(119(11,12)13)116(126)101-107(110)8)111-105-114(120(14,15)16)117(127)102-108(111)9/h101-106,126-128H,20-100H2,1-19H3. The first kappa shape index (κ1) is 119. The monoisotopic (exact) mass is 1780 g/mol. The minimum atomic E-state index is -0.623. The van der Waals surface area contributed by atoms with Crippen LogP contribution >= 0.6 is 0 Å². The fourth-order valence-corrected chi connectivity index (χ4v) is 24.6. The number of rotatable bonds is 87. The molecule has 0 saturated carbocycles. The van der Waals surface area contributed by atoms with E-state index in [1.165, 1.54) is 516 Å². The van der Waals surface area contributed by atoms with E-state index in [0.717, 1.165) is 48.8 Å². The lowest BCUT2D eigenvalue weighted by atomic mass is 9.33. The minimum absolute atomic E-state index is 0.143. The number of benzene rings is 3. The molecule has 0 spiro atoms. The van der Waals surface area contributed by atoms with Crippen molar-refractivity contribution in [3.05, 3.63) is 86.5 Å². The third kappa shape index (κ3) is 44.5. The molecule has 0 aliphatic rings. The largest absolute Gasteiger partial charge is 0.508 e. The van der Waals surface area contributed by atoms with Gasteiger partial charge in [-0.15, -0.1) is 0 Å². The van der Waals surface area contributed by atoms with Gasteiger partial charge in [-0.1, -0.05) is 604 Å². The Morgan fingerprint density at radius 2 is 0.328 bits per heavy atom. The smallest absolute Gasteiger partial charge is 0.119 e. The van der Waals surface area contributed by atoms with Gasteiger partial charge in [0.15, 0.2) is 0 Å². The maximum Gasteiger partial charge on any atom is 0.119 e. The van der Waals surface area contributed by atoms with Crippen LogP contribution in [-0.2, 0) is 27.1 Å². The number of phenolic OH excluding ortho intramolecular Hbond substituents is 3. The van der Waals surface area contributed by atoms with Crippen molar-refractivity contribution in [2.24, 2.45) is 10.8 Å². The van der Waals surface area contributed by atoms with Gasteiger partial charge in [0.25, 0.3) is 0 Å². The van der Waals surface area contributed by atoms with Crippen LogP contribution in [0.5, 0.6) is 17.2 Å². The minimum Gasteiger partial charge on any atom is -0.508 e. The molecular formula is C125H228O3. The van der Waals surface area contributed by atoms with Gasteiger partial charge in [0.05, 0.1) is 0 Å². The van der Waals surface area contributed by atoms with Crippen molar-refractivity contribution in [2.75, 3.05) is 0 Å². The molecule has 746 valence electrons. The first-order valence-corrected chi connectivity index (χ1v) is 58.3. The highest BCUT2D eigenvalue weighted by Crippen LogP contribution is 2.75. The van der Waals surface area contributed by atoms with Crippen molar-refractivity contribution in [3.8, 4) is 17.2 Å². The van der Waals surface area contributed by atoms with Crippen LogP contribution in [0.2, 0.25) is 0 Å². The number of unbranched alkanes of at least 4 members (excludes halogenated alkanes) is 67. The molecule has 0 aromatic heterocycles. The van der Waals surface area contributed by atoms with Crippen molar-refractivity contribution >= 4 is 0 Å². The van der Waals surface area contributed by atoms with Crippen LogP contribution in [-0.4, -0.2) is 15.3 Å². The zero-order chi connectivity index (χ0) is 93.9. The van der Waals surface area contributed by atoms with Gasteiger partial charge in [-0.3, -0.25) is 0 Å². The van der Waals surface area contributed by atoms with Gasteiger partial charge in [-0.25, -0.2) is 0 Å². The number of hydrogen-bond donors (Lipinski definition) is 3. The molecule has 3 aromatic rings. The van der Waals surface area contributed by atoms with Gasteiger partial charge in [-0.05, 0) is 161 Å². The van der Waals surface area contributed by atoms with E-state index in [4.69, 9.17) is 0 Å². The van der Waals surface area contributed by atoms with E-state index in [0.29, 0.717) is 17.2 Å². The number of phenols is 3. The molecule has 3 heteroatoms. The van der Waals surface area contributed by atoms with Crippen LogP contribution in [0.4, 0.5) is 0 Å². The lowest BCUT2D eigenvalue weighted by Crippen LogP contribution is -2.66. The van der Waals surface area contributed by atoms with E-state index < -0.39 is 16.2 Å². The highest BCUT2D eigenvalue weighted by atomic mass is 16.3. The average molecular weight is 1780 g/mol. The summed E-state index contributed by atoms with van der Waals surface area (Å²) in [6.07, 6.45) is 107. The van der Waals surface area contributed by atoms with Crippen LogP contribution in [0, 0.1) is 31.6 Å². The van der Waals surface area contributed by atoms with Crippen LogP contribution in [0.15, 0.2) is 36.4 Å². The van der Waals surface area contributed by atoms with E-state index in [1.54, 1.807) is 5.56 Å². The molecule has 3 N–H and O–H groups in total. The molecule has 3 nitrogen and oxygen atoms in total. The molecule has 1 unspecified atom stereocenters. The van der Waals surface area contributed by atoms with Gasteiger partial charge in [0.2, 0.25) is 0 Å². The van der Waals surface area contributed by atoms with E-state index in [2.05, 4.69) is 168 Å². The third-order valence-electron chi connectivity index (χ3n) is 32.1. The van der Waals surface area contributed by atoms with Crippen LogP contribution in [0.1, 0.15) is 681 Å². The van der Waals surface area contributed by atoms with E-state index >= 15 is 0 Å². The predicted octanol–water partition coefficient (Wildman–Crippen LogP) is 43.6. The fraction of sp³-hybridized carbons (Fsp3) is 0.856. The molecule has 0 amide bonds. The highest BCUT2D eigenvalue weighted by Gasteiger charge is 2.69. The first-order chi connectivity index (χ1) is 61.8. The van der Waals surface area contributed by atoms with E-state index in [1.807, 2.05) is 0 Å². The topological polar surface area (TPSA) is 60.7 Å². The molecule has 128 heavy (non-hydrogen) atoms. The predicted molar refractivity (Wildman–Crippen MR) is 576 cm³/mol. The first-order valence-electron chi connectivity index (χ1n) is 58.3. The molecule has 0 radical (unpaired) electrons. The molecular weight excluding hydrogens is 1550 g/mol. The summed E-state index contributed by atoms with van der Waals surface area (Å²) in [5.41, 5.74) is 9.15. The summed E-state index contributed by atoms with van der Waals surface area (Å²) in [6.45, 7) is 45.9. The van der Waals surface area contributed by atoms with E-state index in [-0.39, 0.29) is 21.7 Å². The Morgan fingerprint density at radius 3 is 0.523 bits per heavy atom. The Labute approximate surface area is 803 Å². The summed E-state index contributed by atoms with van der Waals surface area (Å²) in [4.78, 5) is 0. The molecule has 0 bridgehead atoms. The summed E-state index contributed by atoms with van der Waals surface area (Å²) < 4.78 is 0. The Morgan fingerprint density at radius 1 is 0.172 bits per heavy atom. The number of hydrogen-bond acceptors (Lipinski definition) is 3. The Hall–Kier alpha value is -2.94. The SMILES string of the molecule is CCCCCCCCCCCCCC(CCCCCCCCCCCCC)(CCCCCCCCCCCCC)C(CCCCCCCCCCCCC)(c1cc(C(C)(C)C)c(O)cc1C)C(CCCCCCCCCCCCC)(CCCCCCCCCCCCC)C(CCCCCCCCCC)(c1cc(C(C)(C)C)c(O)cc1C)c1cc(C(C)(C)C)c(O)cc1C. The summed E-state index contributed by atoms with van der Waals surface area (Å²) >= 11 is 0. The zero-order valence-corrected chi connectivity index (χ0v) is 90.6. The second-order valence-electron chi connectivity index (χ2n) is 46.4. The zero-order valence-electron chi connectivity index (χ0n) is 90.6. The summed E-state index contributed by atoms with van der Waals surface area (Å²) in [5.74, 6) is 1.40. The number of aromatic hydroxyl groups is 3. The van der Waals surface area contributed by atoms with Crippen molar-refractivity contribution in [3.63, 3.8) is 0 Å². The van der Waals surface area contributed by atoms with Crippen molar-refractivity contribution in [2.45, 2.75) is 679 Å². The molecule has 0 aliphatic carbocycles. The van der Waals surface area contributed by atoms with Crippen LogP contribution < -0.4 is 0 Å². The fourth-order valence-electron chi connectivity index (χ4n) is 24.6. The summed E-state index contributed by atoms with van der Waals surface area (Å²) in [5, 5.41) is 39.9. The molecule has 3 rings (SSSR count). The third-order valence-corrected chi connectivity index (χ3v) is 32.1. The van der Waals surface area contributed by atoms with Crippen molar-refractivity contribution in [1.82, 2.24) is 0 Å². The van der Waals surface area contributed by atoms with Crippen LogP contribution in [0.3, 0.4) is 0 Å². The molecule has 0 aliphatic heterocycles. The molecule has 1 atom stereocenters. The molecule has 0 saturated heterocycles. The second-order valence-corrected chi connectivity index (χ2v) is 46.4. The van der Waals surface area contributed by atoms with E-state index in [9.17, 15) is 15.3 Å². The molecule has 3 aromatic carbocycles. The lowest BCUT2D eigenvalue weighted by molar-refractivity contribution is -0.105. The summed E-state index contributed by atoms with van der Waals surface area (Å²) in [7, 11) is 0. The Kier molecular flexibility index (Phi) is 66.6. The molecule has 0 fully saturated rings. The van der Waals surface area contributed by atoms with Gasteiger partial charge in [0, 0.05) is 10.8 Å². The maximum atomic E-state index is 13.4.